The van der Waals surface area contributed by atoms with Gasteiger partial charge in [-0.25, -0.2) is 4.68 Å². The number of aromatic nitrogens is 4. The molecule has 1 aromatic carbocycles. The van der Waals surface area contributed by atoms with Crippen molar-refractivity contribution in [3.8, 4) is 0 Å². The van der Waals surface area contributed by atoms with E-state index in [-0.39, 0.29) is 11.6 Å². The molecule has 2 saturated heterocycles. The fraction of sp³-hybridized carbons (Fsp3) is 0.667. The SMILES string of the molecule is CCC(C)(C)n1nnnc1[C@@H](c1ccc(C)cc1)N1CCN2CCC[C@@H]2C1. The van der Waals surface area contributed by atoms with Crippen molar-refractivity contribution in [2.75, 3.05) is 26.2 Å². The predicted octanol–water partition coefficient (Wildman–Crippen LogP) is 3.00. The molecule has 3 heterocycles. The van der Waals surface area contributed by atoms with Crippen LogP contribution in [-0.4, -0.2) is 62.2 Å². The van der Waals surface area contributed by atoms with Gasteiger partial charge in [-0.2, -0.15) is 0 Å². The highest BCUT2D eigenvalue weighted by Gasteiger charge is 2.38. The van der Waals surface area contributed by atoms with Crippen LogP contribution < -0.4 is 0 Å². The third-order valence-corrected chi connectivity index (χ3v) is 6.55. The molecule has 1 aromatic heterocycles. The molecule has 2 aliphatic heterocycles. The maximum Gasteiger partial charge on any atom is 0.173 e. The quantitative estimate of drug-likeness (QED) is 0.812. The molecule has 6 heteroatoms. The molecule has 2 aliphatic rings. The van der Waals surface area contributed by atoms with Crippen molar-refractivity contribution in [3.63, 3.8) is 0 Å². The molecule has 146 valence electrons. The second-order valence-electron chi connectivity index (χ2n) is 8.76. The predicted molar refractivity (Wildman–Crippen MR) is 107 cm³/mol. The van der Waals surface area contributed by atoms with E-state index in [1.807, 2.05) is 0 Å². The normalized spacial score (nSPS) is 22.7. The van der Waals surface area contributed by atoms with Gasteiger partial charge in [-0.3, -0.25) is 9.80 Å². The van der Waals surface area contributed by atoms with E-state index in [1.54, 1.807) is 0 Å². The Morgan fingerprint density at radius 2 is 1.93 bits per heavy atom. The summed E-state index contributed by atoms with van der Waals surface area (Å²) >= 11 is 0. The fourth-order valence-electron chi connectivity index (χ4n) is 4.47. The van der Waals surface area contributed by atoms with E-state index in [4.69, 9.17) is 0 Å². The van der Waals surface area contributed by atoms with Crippen LogP contribution >= 0.6 is 0 Å². The number of piperazine rings is 1. The summed E-state index contributed by atoms with van der Waals surface area (Å²) in [5, 5.41) is 13.0. The van der Waals surface area contributed by atoms with E-state index in [2.05, 4.69) is 82.0 Å². The number of hydrogen-bond acceptors (Lipinski definition) is 5. The Morgan fingerprint density at radius 3 is 2.67 bits per heavy atom. The van der Waals surface area contributed by atoms with Gasteiger partial charge in [0.25, 0.3) is 0 Å². The van der Waals surface area contributed by atoms with Crippen LogP contribution in [0.1, 0.15) is 63.0 Å². The molecule has 0 aliphatic carbocycles. The van der Waals surface area contributed by atoms with Crippen molar-refractivity contribution >= 4 is 0 Å². The molecule has 0 amide bonds. The van der Waals surface area contributed by atoms with E-state index < -0.39 is 0 Å². The lowest BCUT2D eigenvalue weighted by Gasteiger charge is -2.41. The molecule has 27 heavy (non-hydrogen) atoms. The van der Waals surface area contributed by atoms with Crippen LogP contribution in [0.4, 0.5) is 0 Å². The van der Waals surface area contributed by atoms with Crippen molar-refractivity contribution in [1.29, 1.82) is 0 Å². The molecule has 0 bridgehead atoms. The number of rotatable bonds is 5. The number of tetrazole rings is 1. The first-order chi connectivity index (χ1) is 13.0. The Hall–Kier alpha value is -1.79. The highest BCUT2D eigenvalue weighted by atomic mass is 15.6. The summed E-state index contributed by atoms with van der Waals surface area (Å²) in [6.07, 6.45) is 3.62. The number of fused-ring (bicyclic) bond motifs is 1. The van der Waals surface area contributed by atoms with Crippen molar-refractivity contribution in [3.05, 3.63) is 41.2 Å². The highest BCUT2D eigenvalue weighted by molar-refractivity contribution is 5.28. The molecule has 0 unspecified atom stereocenters. The molecule has 2 atom stereocenters. The van der Waals surface area contributed by atoms with E-state index >= 15 is 0 Å². The second kappa shape index (κ2) is 7.32. The summed E-state index contributed by atoms with van der Waals surface area (Å²) in [6.45, 7) is 13.3. The lowest BCUT2D eigenvalue weighted by Crippen LogP contribution is -2.51. The van der Waals surface area contributed by atoms with Gasteiger partial charge >= 0.3 is 0 Å². The summed E-state index contributed by atoms with van der Waals surface area (Å²) < 4.78 is 2.05. The first-order valence-electron chi connectivity index (χ1n) is 10.3. The molecule has 0 radical (unpaired) electrons. The van der Waals surface area contributed by atoms with Crippen molar-refractivity contribution < 1.29 is 0 Å². The number of hydrogen-bond donors (Lipinski definition) is 0. The van der Waals surface area contributed by atoms with Crippen LogP contribution in [0.15, 0.2) is 24.3 Å². The van der Waals surface area contributed by atoms with Gasteiger partial charge in [0.15, 0.2) is 5.82 Å². The zero-order valence-electron chi connectivity index (χ0n) is 17.1. The minimum atomic E-state index is -0.100. The van der Waals surface area contributed by atoms with Crippen molar-refractivity contribution in [2.24, 2.45) is 0 Å². The van der Waals surface area contributed by atoms with E-state index in [0.29, 0.717) is 6.04 Å². The summed E-state index contributed by atoms with van der Waals surface area (Å²) in [5.41, 5.74) is 2.47. The largest absolute Gasteiger partial charge is 0.298 e. The standard InChI is InChI=1S/C21H32N6/c1-5-21(3,4)27-20(22-23-24-27)19(17-10-8-16(2)9-11-17)26-14-13-25-12-6-7-18(25)15-26/h8-11,18-19H,5-7,12-15H2,1-4H3/t18-,19-/m1/s1. The van der Waals surface area contributed by atoms with Gasteiger partial charge in [-0.15, -0.1) is 5.10 Å². The Bertz CT molecular complexity index is 765. The van der Waals surface area contributed by atoms with Crippen molar-refractivity contribution in [2.45, 2.75) is 64.6 Å². The van der Waals surface area contributed by atoms with Crippen LogP contribution in [0.25, 0.3) is 0 Å². The molecule has 0 saturated carbocycles. The molecule has 4 rings (SSSR count). The second-order valence-corrected chi connectivity index (χ2v) is 8.76. The minimum Gasteiger partial charge on any atom is -0.298 e. The first kappa shape index (κ1) is 18.6. The van der Waals surface area contributed by atoms with Gasteiger partial charge < -0.3 is 0 Å². The average Bonchev–Trinajstić information content (AvgIpc) is 3.33. The molecular formula is C21H32N6. The Kier molecular flexibility index (Phi) is 5.03. The van der Waals surface area contributed by atoms with Crippen LogP contribution in [0.5, 0.6) is 0 Å². The maximum absolute atomic E-state index is 4.54. The third-order valence-electron chi connectivity index (χ3n) is 6.55. The Balaban J connectivity index is 1.73. The number of benzene rings is 1. The summed E-state index contributed by atoms with van der Waals surface area (Å²) in [7, 11) is 0. The number of nitrogens with zero attached hydrogens (tertiary/aromatic N) is 6. The zero-order chi connectivity index (χ0) is 19.0. The van der Waals surface area contributed by atoms with E-state index in [0.717, 1.165) is 31.9 Å². The van der Waals surface area contributed by atoms with E-state index in [9.17, 15) is 0 Å². The molecule has 2 fully saturated rings. The summed E-state index contributed by atoms with van der Waals surface area (Å²) in [5.74, 6) is 0.970. The van der Waals surface area contributed by atoms with Gasteiger partial charge in [-0.1, -0.05) is 36.8 Å². The third kappa shape index (κ3) is 3.52. The van der Waals surface area contributed by atoms with Crippen LogP contribution in [-0.2, 0) is 5.54 Å². The average molecular weight is 369 g/mol. The fourth-order valence-corrected chi connectivity index (χ4v) is 4.47. The summed E-state index contributed by atoms with van der Waals surface area (Å²) in [6, 6.07) is 9.68. The molecular weight excluding hydrogens is 336 g/mol. The van der Waals surface area contributed by atoms with Crippen LogP contribution in [0.2, 0.25) is 0 Å². The zero-order valence-corrected chi connectivity index (χ0v) is 17.1. The van der Waals surface area contributed by atoms with Gasteiger partial charge in [0.05, 0.1) is 11.6 Å². The molecule has 2 aromatic rings. The maximum atomic E-state index is 4.54. The topological polar surface area (TPSA) is 50.1 Å². The van der Waals surface area contributed by atoms with Gasteiger partial charge in [0.2, 0.25) is 0 Å². The molecule has 0 spiro atoms. The number of aryl methyl sites for hydroxylation is 1. The van der Waals surface area contributed by atoms with E-state index in [1.165, 1.54) is 30.5 Å². The van der Waals surface area contributed by atoms with Crippen LogP contribution in [0, 0.1) is 6.92 Å². The highest BCUT2D eigenvalue weighted by Crippen LogP contribution is 2.34. The van der Waals surface area contributed by atoms with Crippen molar-refractivity contribution in [1.82, 2.24) is 30.0 Å². The van der Waals surface area contributed by atoms with Gasteiger partial charge in [-0.05, 0) is 62.6 Å². The smallest absolute Gasteiger partial charge is 0.173 e. The Morgan fingerprint density at radius 1 is 1.15 bits per heavy atom. The molecule has 6 nitrogen and oxygen atoms in total. The van der Waals surface area contributed by atoms with Gasteiger partial charge in [0.1, 0.15) is 0 Å². The Labute approximate surface area is 162 Å². The lowest BCUT2D eigenvalue weighted by molar-refractivity contribution is 0.0771. The summed E-state index contributed by atoms with van der Waals surface area (Å²) in [4.78, 5) is 5.26. The lowest BCUT2D eigenvalue weighted by atomic mass is 9.98. The van der Waals surface area contributed by atoms with Gasteiger partial charge in [0, 0.05) is 25.7 Å². The monoisotopic (exact) mass is 368 g/mol. The molecule has 0 N–H and O–H groups in total. The van der Waals surface area contributed by atoms with Crippen LogP contribution in [0.3, 0.4) is 0 Å². The first-order valence-corrected chi connectivity index (χ1v) is 10.3. The minimum absolute atomic E-state index is 0.100.